The van der Waals surface area contributed by atoms with Gasteiger partial charge in [0.05, 0.1) is 11.4 Å². The molecule has 3 rings (SSSR count). The molecule has 108 valence electrons. The van der Waals surface area contributed by atoms with Crippen molar-refractivity contribution < 1.29 is 4.79 Å². The number of hydrogen-bond acceptors (Lipinski definition) is 4. The van der Waals surface area contributed by atoms with Crippen LogP contribution in [0.15, 0.2) is 64.6 Å². The highest BCUT2D eigenvalue weighted by atomic mass is 79.9. The van der Waals surface area contributed by atoms with E-state index in [1.165, 1.54) is 11.3 Å². The SMILES string of the molecule is O=C(C=Cc1csc(-c2ccccn2)n1)c1ccc(Br)cc1. The number of pyridine rings is 1. The van der Waals surface area contributed by atoms with Crippen LogP contribution in [-0.4, -0.2) is 15.8 Å². The van der Waals surface area contributed by atoms with E-state index in [1.54, 1.807) is 30.5 Å². The topological polar surface area (TPSA) is 42.9 Å². The summed E-state index contributed by atoms with van der Waals surface area (Å²) >= 11 is 4.86. The second-order valence-electron chi connectivity index (χ2n) is 4.50. The maximum atomic E-state index is 12.1. The third kappa shape index (κ3) is 3.55. The third-order valence-corrected chi connectivity index (χ3v) is 4.35. The van der Waals surface area contributed by atoms with Gasteiger partial charge in [-0.2, -0.15) is 0 Å². The molecule has 0 aliphatic rings. The van der Waals surface area contributed by atoms with Gasteiger partial charge in [0.15, 0.2) is 5.78 Å². The molecule has 0 N–H and O–H groups in total. The van der Waals surface area contributed by atoms with E-state index in [-0.39, 0.29) is 5.78 Å². The Morgan fingerprint density at radius 3 is 2.68 bits per heavy atom. The molecule has 0 spiro atoms. The number of rotatable bonds is 4. The molecule has 0 bridgehead atoms. The number of aromatic nitrogens is 2. The highest BCUT2D eigenvalue weighted by molar-refractivity contribution is 9.10. The lowest BCUT2D eigenvalue weighted by Crippen LogP contribution is -1.93. The first-order valence-electron chi connectivity index (χ1n) is 6.57. The minimum absolute atomic E-state index is 0.0418. The number of allylic oxidation sites excluding steroid dienone is 1. The smallest absolute Gasteiger partial charge is 0.185 e. The molecule has 0 aliphatic heterocycles. The molecular weight excluding hydrogens is 360 g/mol. The van der Waals surface area contributed by atoms with E-state index in [0.29, 0.717) is 5.56 Å². The van der Waals surface area contributed by atoms with Crippen LogP contribution in [0.1, 0.15) is 16.1 Å². The number of benzene rings is 1. The molecule has 2 aromatic heterocycles. The van der Waals surface area contributed by atoms with Crippen LogP contribution in [0.25, 0.3) is 16.8 Å². The molecule has 3 aromatic rings. The van der Waals surface area contributed by atoms with Gasteiger partial charge in [-0.15, -0.1) is 11.3 Å². The maximum Gasteiger partial charge on any atom is 0.185 e. The number of thiazole rings is 1. The molecule has 0 saturated heterocycles. The normalized spacial score (nSPS) is 11.0. The fourth-order valence-electron chi connectivity index (χ4n) is 1.84. The highest BCUT2D eigenvalue weighted by Crippen LogP contribution is 2.22. The molecule has 0 radical (unpaired) electrons. The van der Waals surface area contributed by atoms with Crippen molar-refractivity contribution >= 4 is 39.1 Å². The van der Waals surface area contributed by atoms with Gasteiger partial charge in [0.25, 0.3) is 0 Å². The first-order valence-corrected chi connectivity index (χ1v) is 8.24. The summed E-state index contributed by atoms with van der Waals surface area (Å²) in [4.78, 5) is 20.8. The Morgan fingerprint density at radius 2 is 1.95 bits per heavy atom. The number of hydrogen-bond donors (Lipinski definition) is 0. The monoisotopic (exact) mass is 370 g/mol. The fourth-order valence-corrected chi connectivity index (χ4v) is 2.87. The lowest BCUT2D eigenvalue weighted by Gasteiger charge is -1.95. The van der Waals surface area contributed by atoms with Gasteiger partial charge < -0.3 is 0 Å². The van der Waals surface area contributed by atoms with Crippen molar-refractivity contribution in [2.24, 2.45) is 0 Å². The first kappa shape index (κ1) is 14.8. The van der Waals surface area contributed by atoms with Gasteiger partial charge in [-0.3, -0.25) is 9.78 Å². The molecule has 0 atom stereocenters. The second kappa shape index (κ2) is 6.77. The quantitative estimate of drug-likeness (QED) is 0.486. The van der Waals surface area contributed by atoms with Crippen LogP contribution in [0.5, 0.6) is 0 Å². The van der Waals surface area contributed by atoms with Crippen LogP contribution in [0.4, 0.5) is 0 Å². The van der Waals surface area contributed by atoms with Crippen molar-refractivity contribution in [3.8, 4) is 10.7 Å². The summed E-state index contributed by atoms with van der Waals surface area (Å²) in [5.41, 5.74) is 2.25. The molecule has 3 nitrogen and oxygen atoms in total. The fraction of sp³-hybridized carbons (Fsp3) is 0. The van der Waals surface area contributed by atoms with Crippen molar-refractivity contribution in [1.82, 2.24) is 9.97 Å². The van der Waals surface area contributed by atoms with Crippen LogP contribution in [0.3, 0.4) is 0 Å². The van der Waals surface area contributed by atoms with Gasteiger partial charge in [0.2, 0.25) is 0 Å². The van der Waals surface area contributed by atoms with E-state index in [2.05, 4.69) is 25.9 Å². The van der Waals surface area contributed by atoms with Gasteiger partial charge in [0.1, 0.15) is 5.01 Å². The van der Waals surface area contributed by atoms with Crippen molar-refractivity contribution in [3.05, 3.63) is 75.8 Å². The number of halogens is 1. The van der Waals surface area contributed by atoms with E-state index >= 15 is 0 Å². The van der Waals surface area contributed by atoms with E-state index in [0.717, 1.165) is 20.9 Å². The molecule has 22 heavy (non-hydrogen) atoms. The van der Waals surface area contributed by atoms with E-state index in [1.807, 2.05) is 35.7 Å². The van der Waals surface area contributed by atoms with Gasteiger partial charge in [-0.1, -0.05) is 22.0 Å². The second-order valence-corrected chi connectivity index (χ2v) is 6.27. The zero-order valence-corrected chi connectivity index (χ0v) is 13.8. The molecule has 0 saturated carbocycles. The van der Waals surface area contributed by atoms with Crippen molar-refractivity contribution in [1.29, 1.82) is 0 Å². The Hall–Kier alpha value is -2.11. The van der Waals surface area contributed by atoms with Crippen LogP contribution in [0, 0.1) is 0 Å². The summed E-state index contributed by atoms with van der Waals surface area (Å²) in [6.07, 6.45) is 5.01. The lowest BCUT2D eigenvalue weighted by atomic mass is 10.1. The Morgan fingerprint density at radius 1 is 1.14 bits per heavy atom. The maximum absolute atomic E-state index is 12.1. The number of nitrogens with zero attached hydrogens (tertiary/aromatic N) is 2. The molecular formula is C17H11BrN2OS. The van der Waals surface area contributed by atoms with Gasteiger partial charge in [-0.05, 0) is 48.6 Å². The molecule has 0 unspecified atom stereocenters. The molecule has 0 fully saturated rings. The van der Waals surface area contributed by atoms with Crippen LogP contribution < -0.4 is 0 Å². The zero-order chi connectivity index (χ0) is 15.4. The molecule has 0 aliphatic carbocycles. The summed E-state index contributed by atoms with van der Waals surface area (Å²) in [7, 11) is 0. The molecule has 0 amide bonds. The predicted octanol–water partition coefficient (Wildman–Crippen LogP) is 4.86. The average Bonchev–Trinajstić information content (AvgIpc) is 3.03. The predicted molar refractivity (Wildman–Crippen MR) is 92.9 cm³/mol. The molecule has 1 aromatic carbocycles. The van der Waals surface area contributed by atoms with Crippen LogP contribution >= 0.6 is 27.3 Å². The van der Waals surface area contributed by atoms with Crippen molar-refractivity contribution in [2.75, 3.05) is 0 Å². The third-order valence-electron chi connectivity index (χ3n) is 2.94. The minimum Gasteiger partial charge on any atom is -0.289 e. The zero-order valence-electron chi connectivity index (χ0n) is 11.4. The Labute approximate surface area is 140 Å². The summed E-state index contributed by atoms with van der Waals surface area (Å²) in [5.74, 6) is -0.0418. The average molecular weight is 371 g/mol. The summed E-state index contributed by atoms with van der Waals surface area (Å²) in [6.45, 7) is 0. The Bertz CT molecular complexity index is 810. The van der Waals surface area contributed by atoms with E-state index in [9.17, 15) is 4.79 Å². The van der Waals surface area contributed by atoms with Gasteiger partial charge in [0, 0.05) is 21.6 Å². The number of carbonyl (C=O) groups is 1. The Balaban J connectivity index is 1.75. The number of carbonyl (C=O) groups excluding carboxylic acids is 1. The summed E-state index contributed by atoms with van der Waals surface area (Å²) < 4.78 is 0.951. The van der Waals surface area contributed by atoms with Crippen LogP contribution in [-0.2, 0) is 0 Å². The Kier molecular flexibility index (Phi) is 4.56. The summed E-state index contributed by atoms with van der Waals surface area (Å²) in [5, 5.41) is 2.76. The molecule has 5 heteroatoms. The summed E-state index contributed by atoms with van der Waals surface area (Å²) in [6, 6.07) is 13.0. The van der Waals surface area contributed by atoms with E-state index < -0.39 is 0 Å². The van der Waals surface area contributed by atoms with Crippen LogP contribution in [0.2, 0.25) is 0 Å². The van der Waals surface area contributed by atoms with Crippen molar-refractivity contribution in [2.45, 2.75) is 0 Å². The first-order chi connectivity index (χ1) is 10.7. The highest BCUT2D eigenvalue weighted by Gasteiger charge is 2.05. The molecule has 2 heterocycles. The number of ketones is 1. The minimum atomic E-state index is -0.0418. The largest absolute Gasteiger partial charge is 0.289 e. The lowest BCUT2D eigenvalue weighted by molar-refractivity contribution is 0.104. The van der Waals surface area contributed by atoms with Crippen molar-refractivity contribution in [3.63, 3.8) is 0 Å². The van der Waals surface area contributed by atoms with Gasteiger partial charge >= 0.3 is 0 Å². The van der Waals surface area contributed by atoms with Gasteiger partial charge in [-0.25, -0.2) is 4.98 Å². The standard InChI is InChI=1S/C17H11BrN2OS/c18-13-6-4-12(5-7-13)16(21)9-8-14-11-22-17(20-14)15-3-1-2-10-19-15/h1-11H. The van der Waals surface area contributed by atoms with E-state index in [4.69, 9.17) is 0 Å².